The number of allylic oxidation sites excluding steroid dienone is 9. The van der Waals surface area contributed by atoms with Crippen molar-refractivity contribution >= 4 is 16.4 Å². The van der Waals surface area contributed by atoms with E-state index in [1.165, 1.54) is 128 Å². The van der Waals surface area contributed by atoms with E-state index in [0.717, 1.165) is 51.4 Å². The highest BCUT2D eigenvalue weighted by Crippen LogP contribution is 2.26. The number of ether oxygens (including phenoxy) is 4. The van der Waals surface area contributed by atoms with Gasteiger partial charge in [0.05, 0.1) is 26.4 Å². The Hall–Kier alpha value is -2.20. The minimum atomic E-state index is -5.08. The molecule has 1 aliphatic heterocycles. The largest absolute Gasteiger partial charge is 0.457 e. The van der Waals surface area contributed by atoms with Crippen LogP contribution in [-0.2, 0) is 38.3 Å². The molecule has 0 aromatic heterocycles. The predicted octanol–water partition coefficient (Wildman–Crippen LogP) is 12.5. The maximum absolute atomic E-state index is 12.9. The quantitative estimate of drug-likeness (QED) is 0.0197. The van der Waals surface area contributed by atoms with Gasteiger partial charge < -0.3 is 34.3 Å². The zero-order valence-corrected chi connectivity index (χ0v) is 42.8. The Morgan fingerprint density at radius 3 is 1.42 bits per heavy atom. The Morgan fingerprint density at radius 1 is 0.582 bits per heavy atom. The van der Waals surface area contributed by atoms with E-state index in [1.807, 2.05) is 6.08 Å². The summed E-state index contributed by atoms with van der Waals surface area (Å²) >= 11 is 0. The van der Waals surface area contributed by atoms with E-state index in [-0.39, 0.29) is 19.6 Å². The lowest BCUT2D eigenvalue weighted by Gasteiger charge is -2.41. The van der Waals surface area contributed by atoms with Crippen LogP contribution in [0.25, 0.3) is 0 Å². The monoisotopic (exact) mass is 969 g/mol. The maximum Gasteiger partial charge on any atom is 0.397 e. The lowest BCUT2D eigenvalue weighted by Crippen LogP contribution is -2.60. The number of aliphatic hydroxyl groups excluding tert-OH is 3. The zero-order valence-electron chi connectivity index (χ0n) is 41.9. The Labute approximate surface area is 408 Å². The van der Waals surface area contributed by atoms with Gasteiger partial charge in [-0.1, -0.05) is 222 Å². The van der Waals surface area contributed by atoms with Crippen molar-refractivity contribution in [1.82, 2.24) is 0 Å². The summed E-state index contributed by atoms with van der Waals surface area (Å²) in [6.07, 6.45) is 48.6. The van der Waals surface area contributed by atoms with Crippen LogP contribution in [0.2, 0.25) is 0 Å². The van der Waals surface area contributed by atoms with Crippen molar-refractivity contribution in [2.45, 2.75) is 250 Å². The zero-order chi connectivity index (χ0) is 48.9. The molecular weight excluding hydrogens is 873 g/mol. The van der Waals surface area contributed by atoms with Crippen LogP contribution in [0.5, 0.6) is 0 Å². The molecule has 1 rings (SSSR count). The number of esters is 1. The molecule has 13 heteroatoms. The predicted molar refractivity (Wildman–Crippen MR) is 271 cm³/mol. The first-order valence-corrected chi connectivity index (χ1v) is 27.9. The molecule has 1 heterocycles. The third kappa shape index (κ3) is 38.3. The lowest BCUT2D eigenvalue weighted by molar-refractivity contribution is -0.301. The van der Waals surface area contributed by atoms with Crippen LogP contribution in [0.1, 0.15) is 213 Å². The van der Waals surface area contributed by atoms with E-state index in [2.05, 4.69) is 72.7 Å². The molecule has 0 saturated carbocycles. The van der Waals surface area contributed by atoms with E-state index in [0.29, 0.717) is 19.4 Å². The second-order valence-electron chi connectivity index (χ2n) is 18.1. The van der Waals surface area contributed by atoms with Crippen molar-refractivity contribution in [1.29, 1.82) is 0 Å². The van der Waals surface area contributed by atoms with Gasteiger partial charge in [0.15, 0.2) is 6.29 Å². The van der Waals surface area contributed by atoms with E-state index in [1.54, 1.807) is 0 Å². The SMILES string of the molecule is CC/C=C\C/C=C\C/C=C\C/C=C\C/C=C\CCOCC(COC1OC(CO)C(O)C(OS(=O)(=O)O)C1O)OC(=O)CCCCCCCCCCCCCCCCCCCCCCCCCC. The molecule has 6 unspecified atom stereocenters. The first-order chi connectivity index (χ1) is 32.6. The first kappa shape index (κ1) is 62.8. The van der Waals surface area contributed by atoms with Crippen molar-refractivity contribution in [2.24, 2.45) is 0 Å². The average molecular weight is 969 g/mol. The Balaban J connectivity index is 2.35. The van der Waals surface area contributed by atoms with E-state index in [4.69, 9.17) is 18.9 Å². The summed E-state index contributed by atoms with van der Waals surface area (Å²) in [5.41, 5.74) is 0. The molecule has 1 fully saturated rings. The van der Waals surface area contributed by atoms with Crippen molar-refractivity contribution < 1.29 is 56.2 Å². The van der Waals surface area contributed by atoms with E-state index >= 15 is 0 Å². The number of hydrogen-bond donors (Lipinski definition) is 4. The second kappa shape index (κ2) is 45.0. The number of unbranched alkanes of at least 4 members (excludes halogenated alkanes) is 23. The number of hydrogen-bond acceptors (Lipinski definition) is 11. The molecule has 6 atom stereocenters. The van der Waals surface area contributed by atoms with E-state index < -0.39 is 59.8 Å². The fraction of sp³-hybridized carbons (Fsp3) is 0.796. The number of carbonyl (C=O) groups is 1. The van der Waals surface area contributed by atoms with Crippen LogP contribution < -0.4 is 0 Å². The average Bonchev–Trinajstić information content (AvgIpc) is 3.30. The minimum Gasteiger partial charge on any atom is -0.457 e. The molecular formula is C54H96O12S. The van der Waals surface area contributed by atoms with Gasteiger partial charge in [-0.05, 0) is 44.9 Å². The summed E-state index contributed by atoms with van der Waals surface area (Å²) < 4.78 is 59.1. The van der Waals surface area contributed by atoms with Crippen molar-refractivity contribution in [3.8, 4) is 0 Å². The molecule has 67 heavy (non-hydrogen) atoms. The molecule has 0 aromatic carbocycles. The van der Waals surface area contributed by atoms with Crippen molar-refractivity contribution in [3.05, 3.63) is 60.8 Å². The summed E-state index contributed by atoms with van der Waals surface area (Å²) in [5.74, 6) is -0.421. The highest BCUT2D eigenvalue weighted by Gasteiger charge is 2.48. The molecule has 0 spiro atoms. The number of rotatable bonds is 46. The van der Waals surface area contributed by atoms with Crippen LogP contribution in [0, 0.1) is 0 Å². The topological polar surface area (TPSA) is 178 Å². The van der Waals surface area contributed by atoms with Gasteiger partial charge in [0.2, 0.25) is 0 Å². The summed E-state index contributed by atoms with van der Waals surface area (Å²) in [5, 5.41) is 30.7. The fourth-order valence-electron chi connectivity index (χ4n) is 7.97. The van der Waals surface area contributed by atoms with Gasteiger partial charge in [-0.3, -0.25) is 9.35 Å². The van der Waals surface area contributed by atoms with Gasteiger partial charge in [-0.2, -0.15) is 8.42 Å². The van der Waals surface area contributed by atoms with Gasteiger partial charge >= 0.3 is 16.4 Å². The van der Waals surface area contributed by atoms with Gasteiger partial charge in [-0.15, -0.1) is 0 Å². The molecule has 0 amide bonds. The molecule has 1 saturated heterocycles. The fourth-order valence-corrected chi connectivity index (χ4v) is 8.48. The Bertz CT molecular complexity index is 1400. The minimum absolute atomic E-state index is 0.0182. The highest BCUT2D eigenvalue weighted by atomic mass is 32.3. The van der Waals surface area contributed by atoms with Crippen LogP contribution in [-0.4, -0.2) is 97.5 Å². The molecule has 1 aliphatic rings. The smallest absolute Gasteiger partial charge is 0.397 e. The maximum atomic E-state index is 12.9. The molecule has 390 valence electrons. The van der Waals surface area contributed by atoms with E-state index in [9.17, 15) is 33.1 Å². The van der Waals surface area contributed by atoms with Crippen LogP contribution in [0.3, 0.4) is 0 Å². The van der Waals surface area contributed by atoms with Gasteiger partial charge in [0, 0.05) is 6.42 Å². The number of carbonyl (C=O) groups excluding carboxylic acids is 1. The lowest BCUT2D eigenvalue weighted by atomic mass is 9.99. The Kier molecular flexibility index (Phi) is 42.2. The van der Waals surface area contributed by atoms with Gasteiger partial charge in [-0.25, -0.2) is 4.18 Å². The second-order valence-corrected chi connectivity index (χ2v) is 19.1. The summed E-state index contributed by atoms with van der Waals surface area (Å²) in [6, 6.07) is 0. The molecule has 12 nitrogen and oxygen atoms in total. The van der Waals surface area contributed by atoms with Gasteiger partial charge in [0.1, 0.15) is 30.5 Å². The molecule has 0 aromatic rings. The first-order valence-electron chi connectivity index (χ1n) is 26.5. The normalized spacial score (nSPS) is 19.9. The summed E-state index contributed by atoms with van der Waals surface area (Å²) in [6.45, 7) is 3.68. The third-order valence-electron chi connectivity index (χ3n) is 11.9. The molecule has 0 radical (unpaired) electrons. The van der Waals surface area contributed by atoms with Crippen LogP contribution >= 0.6 is 0 Å². The van der Waals surface area contributed by atoms with Gasteiger partial charge in [0.25, 0.3) is 0 Å². The molecule has 4 N–H and O–H groups in total. The highest BCUT2D eigenvalue weighted by molar-refractivity contribution is 7.80. The van der Waals surface area contributed by atoms with Crippen LogP contribution in [0.15, 0.2) is 60.8 Å². The summed E-state index contributed by atoms with van der Waals surface area (Å²) in [7, 11) is -5.08. The van der Waals surface area contributed by atoms with Crippen molar-refractivity contribution in [2.75, 3.05) is 26.4 Å². The standard InChI is InChI=1S/C54H96O12S/c1-3-5-7-9-11-13-15-17-19-21-22-23-24-25-26-27-28-29-31-33-35-37-39-41-43-50(56)64-48(47-63-54-52(58)53(66-67(59,60)61)51(57)49(45-55)65-54)46-62-44-42-40-38-36-34-32-30-20-18-16-14-12-10-8-6-4-2/h6,8,12,14,18,20,32,34,38,40,48-49,51-55,57-58H,3-5,7,9-11,13,15-17,19,21-31,33,35-37,39,41-47H2,1-2H3,(H,59,60,61)/b8-6-,14-12-,20-18-,34-32-,40-38-. The Morgan fingerprint density at radius 2 is 1.00 bits per heavy atom. The van der Waals surface area contributed by atoms with Crippen molar-refractivity contribution in [3.63, 3.8) is 0 Å². The van der Waals surface area contributed by atoms with Crippen LogP contribution in [0.4, 0.5) is 0 Å². The summed E-state index contributed by atoms with van der Waals surface area (Å²) in [4.78, 5) is 12.9. The molecule has 0 bridgehead atoms. The molecule has 0 aliphatic carbocycles. The third-order valence-corrected chi connectivity index (χ3v) is 12.4. The number of aliphatic hydroxyl groups is 3.